The van der Waals surface area contributed by atoms with E-state index in [-0.39, 0.29) is 17.4 Å². The topological polar surface area (TPSA) is 51.2 Å². The molecule has 1 aromatic rings. The average Bonchev–Trinajstić information content (AvgIpc) is 2.87. The van der Waals surface area contributed by atoms with Crippen LogP contribution in [0.2, 0.25) is 0 Å². The van der Waals surface area contributed by atoms with Crippen LogP contribution >= 0.6 is 0 Å². The molecule has 1 aliphatic rings. The van der Waals surface area contributed by atoms with Gasteiger partial charge in [-0.15, -0.1) is 0 Å². The molecule has 2 atom stereocenters. The predicted octanol–water partition coefficient (Wildman–Crippen LogP) is 2.58. The van der Waals surface area contributed by atoms with Crippen molar-refractivity contribution in [1.29, 1.82) is 0 Å². The first-order valence-corrected chi connectivity index (χ1v) is 7.80. The number of hydrogen-bond acceptors (Lipinski definition) is 3. The lowest BCUT2D eigenvalue weighted by Gasteiger charge is -2.27. The molecule has 1 aliphatic heterocycles. The van der Waals surface area contributed by atoms with E-state index in [2.05, 4.69) is 17.2 Å². The monoisotopic (exact) mass is 290 g/mol. The molecule has 0 spiro atoms. The number of pyridine rings is 1. The predicted molar refractivity (Wildman–Crippen MR) is 82.9 cm³/mol. The van der Waals surface area contributed by atoms with Gasteiger partial charge in [0.1, 0.15) is 0 Å². The van der Waals surface area contributed by atoms with Crippen LogP contribution in [0.4, 0.5) is 0 Å². The summed E-state index contributed by atoms with van der Waals surface area (Å²) in [5.74, 6) is 0.480. The normalized spacial score (nSPS) is 22.2. The fourth-order valence-corrected chi connectivity index (χ4v) is 2.88. The van der Waals surface area contributed by atoms with Crippen LogP contribution in [0.1, 0.15) is 39.2 Å². The van der Waals surface area contributed by atoms with Gasteiger partial charge >= 0.3 is 0 Å². The van der Waals surface area contributed by atoms with E-state index >= 15 is 0 Å². The summed E-state index contributed by atoms with van der Waals surface area (Å²) in [5.41, 5.74) is 0.936. The van der Waals surface area contributed by atoms with Gasteiger partial charge in [0.25, 0.3) is 0 Å². The highest BCUT2D eigenvalue weighted by atomic mass is 16.5. The zero-order chi connectivity index (χ0) is 15.3. The van der Waals surface area contributed by atoms with Crippen molar-refractivity contribution >= 4 is 5.91 Å². The Morgan fingerprint density at radius 1 is 1.38 bits per heavy atom. The van der Waals surface area contributed by atoms with E-state index in [4.69, 9.17) is 4.74 Å². The van der Waals surface area contributed by atoms with Gasteiger partial charge in [-0.05, 0) is 30.5 Å². The van der Waals surface area contributed by atoms with Gasteiger partial charge in [-0.3, -0.25) is 9.78 Å². The van der Waals surface area contributed by atoms with E-state index in [1.165, 1.54) is 5.56 Å². The molecule has 1 amide bonds. The summed E-state index contributed by atoms with van der Waals surface area (Å²) in [6.07, 6.45) is 6.46. The molecule has 0 aliphatic carbocycles. The maximum atomic E-state index is 12.4. The van der Waals surface area contributed by atoms with E-state index in [0.29, 0.717) is 19.1 Å². The van der Waals surface area contributed by atoms with E-state index in [1.54, 1.807) is 0 Å². The second-order valence-electron chi connectivity index (χ2n) is 6.57. The van der Waals surface area contributed by atoms with Crippen molar-refractivity contribution in [3.8, 4) is 0 Å². The number of rotatable bonds is 6. The summed E-state index contributed by atoms with van der Waals surface area (Å²) in [4.78, 5) is 16.5. The molecule has 116 valence electrons. The first-order chi connectivity index (χ1) is 10.0. The summed E-state index contributed by atoms with van der Waals surface area (Å²) in [6.45, 7) is 7.46. The Balaban J connectivity index is 1.94. The Morgan fingerprint density at radius 2 is 2.10 bits per heavy atom. The first-order valence-electron chi connectivity index (χ1n) is 7.80. The molecule has 21 heavy (non-hydrogen) atoms. The van der Waals surface area contributed by atoms with Gasteiger partial charge in [-0.1, -0.05) is 27.2 Å². The Hall–Kier alpha value is -1.42. The SMILES string of the molecule is CCCC(C)(C)C(=O)N[C@H]1COC[C@H]1Cc1ccncc1. The van der Waals surface area contributed by atoms with Crippen LogP contribution < -0.4 is 5.32 Å². The second-order valence-corrected chi connectivity index (χ2v) is 6.57. The largest absolute Gasteiger partial charge is 0.379 e. The van der Waals surface area contributed by atoms with Crippen LogP contribution in [0.25, 0.3) is 0 Å². The van der Waals surface area contributed by atoms with Crippen LogP contribution in [0.5, 0.6) is 0 Å². The Morgan fingerprint density at radius 3 is 2.76 bits per heavy atom. The minimum Gasteiger partial charge on any atom is -0.379 e. The second kappa shape index (κ2) is 7.03. The van der Waals surface area contributed by atoms with Crippen molar-refractivity contribution < 1.29 is 9.53 Å². The fraction of sp³-hybridized carbons (Fsp3) is 0.647. The molecule has 0 saturated carbocycles. The third kappa shape index (κ3) is 4.27. The zero-order valence-electron chi connectivity index (χ0n) is 13.3. The molecule has 2 rings (SSSR count). The highest BCUT2D eigenvalue weighted by molar-refractivity contribution is 5.82. The van der Waals surface area contributed by atoms with E-state index in [0.717, 1.165) is 19.3 Å². The highest BCUT2D eigenvalue weighted by Gasteiger charge is 2.34. The summed E-state index contributed by atoms with van der Waals surface area (Å²) in [5, 5.41) is 3.19. The van der Waals surface area contributed by atoms with Gasteiger partial charge in [0.15, 0.2) is 0 Å². The molecular formula is C17H26N2O2. The maximum Gasteiger partial charge on any atom is 0.225 e. The quantitative estimate of drug-likeness (QED) is 0.876. The Kier molecular flexibility index (Phi) is 5.34. The van der Waals surface area contributed by atoms with E-state index < -0.39 is 0 Å². The van der Waals surface area contributed by atoms with Crippen LogP contribution in [0.15, 0.2) is 24.5 Å². The lowest BCUT2D eigenvalue weighted by molar-refractivity contribution is -0.130. The lowest BCUT2D eigenvalue weighted by Crippen LogP contribution is -2.46. The van der Waals surface area contributed by atoms with Crippen LogP contribution in [-0.4, -0.2) is 30.1 Å². The maximum absolute atomic E-state index is 12.4. The third-order valence-corrected chi connectivity index (χ3v) is 4.25. The third-order valence-electron chi connectivity index (χ3n) is 4.25. The minimum absolute atomic E-state index is 0.113. The molecule has 0 radical (unpaired) electrons. The minimum atomic E-state index is -0.307. The molecule has 4 heteroatoms. The molecule has 2 heterocycles. The van der Waals surface area contributed by atoms with Gasteiger partial charge in [0.2, 0.25) is 5.91 Å². The van der Waals surface area contributed by atoms with Crippen molar-refractivity contribution in [3.63, 3.8) is 0 Å². The summed E-state index contributed by atoms with van der Waals surface area (Å²) < 4.78 is 5.59. The smallest absolute Gasteiger partial charge is 0.225 e. The molecule has 1 aromatic heterocycles. The summed E-state index contributed by atoms with van der Waals surface area (Å²) >= 11 is 0. The van der Waals surface area contributed by atoms with Crippen molar-refractivity contribution in [2.45, 2.75) is 46.1 Å². The zero-order valence-corrected chi connectivity index (χ0v) is 13.3. The molecular weight excluding hydrogens is 264 g/mol. The average molecular weight is 290 g/mol. The molecule has 0 aromatic carbocycles. The number of hydrogen-bond donors (Lipinski definition) is 1. The molecule has 1 saturated heterocycles. The van der Waals surface area contributed by atoms with Gasteiger partial charge in [-0.2, -0.15) is 0 Å². The summed E-state index contributed by atoms with van der Waals surface area (Å²) in [7, 11) is 0. The van der Waals surface area contributed by atoms with Crippen LogP contribution in [0.3, 0.4) is 0 Å². The fourth-order valence-electron chi connectivity index (χ4n) is 2.88. The Bertz CT molecular complexity index is 459. The lowest BCUT2D eigenvalue weighted by atomic mass is 9.86. The number of amides is 1. The summed E-state index contributed by atoms with van der Waals surface area (Å²) in [6, 6.07) is 4.16. The number of nitrogens with zero attached hydrogens (tertiary/aromatic N) is 1. The van der Waals surface area contributed by atoms with Gasteiger partial charge in [0.05, 0.1) is 19.3 Å². The van der Waals surface area contributed by atoms with Crippen LogP contribution in [0, 0.1) is 11.3 Å². The van der Waals surface area contributed by atoms with Crippen molar-refractivity contribution in [1.82, 2.24) is 10.3 Å². The molecule has 4 nitrogen and oxygen atoms in total. The molecule has 1 fully saturated rings. The molecule has 0 bridgehead atoms. The number of carbonyl (C=O) groups is 1. The Labute approximate surface area is 127 Å². The standard InChI is InChI=1S/C17H26N2O2/c1-4-7-17(2,3)16(20)19-15-12-21-11-14(15)10-13-5-8-18-9-6-13/h5-6,8-9,14-15H,4,7,10-12H2,1-3H3,(H,19,20)/t14-,15+/m1/s1. The number of ether oxygens (including phenoxy) is 1. The van der Waals surface area contributed by atoms with E-state index in [1.807, 2.05) is 38.4 Å². The van der Waals surface area contributed by atoms with Crippen molar-refractivity contribution in [2.24, 2.45) is 11.3 Å². The van der Waals surface area contributed by atoms with Crippen LogP contribution in [-0.2, 0) is 16.0 Å². The van der Waals surface area contributed by atoms with Gasteiger partial charge in [0, 0.05) is 23.7 Å². The van der Waals surface area contributed by atoms with Gasteiger partial charge in [-0.25, -0.2) is 0 Å². The molecule has 0 unspecified atom stereocenters. The number of nitrogens with one attached hydrogen (secondary N) is 1. The first kappa shape index (κ1) is 16.0. The van der Waals surface area contributed by atoms with E-state index in [9.17, 15) is 4.79 Å². The number of carbonyl (C=O) groups excluding carboxylic acids is 1. The molecule has 1 N–H and O–H groups in total. The number of aromatic nitrogens is 1. The highest BCUT2D eigenvalue weighted by Crippen LogP contribution is 2.25. The van der Waals surface area contributed by atoms with Gasteiger partial charge < -0.3 is 10.1 Å². The van der Waals surface area contributed by atoms with Crippen molar-refractivity contribution in [2.75, 3.05) is 13.2 Å². The van der Waals surface area contributed by atoms with Crippen molar-refractivity contribution in [3.05, 3.63) is 30.1 Å².